The molecule has 0 atom stereocenters. The van der Waals surface area contributed by atoms with Crippen LogP contribution in [0.1, 0.15) is 51.0 Å². The maximum absolute atomic E-state index is 12.1. The molecule has 2 N–H and O–H groups in total. The largest absolute Gasteiger partial charge is 0.385 e. The van der Waals surface area contributed by atoms with Gasteiger partial charge in [-0.25, -0.2) is 0 Å². The molecule has 0 unspecified atom stereocenters. The summed E-state index contributed by atoms with van der Waals surface area (Å²) in [4.78, 5) is 14.6. The number of anilines is 3. The monoisotopic (exact) mass is 365 g/mol. The maximum atomic E-state index is 12.1. The van der Waals surface area contributed by atoms with Gasteiger partial charge in [-0.05, 0) is 67.1 Å². The van der Waals surface area contributed by atoms with Gasteiger partial charge in [0, 0.05) is 43.1 Å². The third-order valence-corrected chi connectivity index (χ3v) is 5.13. The van der Waals surface area contributed by atoms with Crippen LogP contribution in [0.3, 0.4) is 0 Å². The zero-order valence-corrected chi connectivity index (χ0v) is 16.5. The Balaban J connectivity index is 1.41. The molecule has 1 saturated heterocycles. The Hall–Kier alpha value is -2.49. The van der Waals surface area contributed by atoms with Crippen LogP contribution in [0.2, 0.25) is 0 Å². The quantitative estimate of drug-likeness (QED) is 0.705. The normalized spacial score (nSPS) is 14.3. The van der Waals surface area contributed by atoms with Crippen molar-refractivity contribution in [3.8, 4) is 0 Å². The van der Waals surface area contributed by atoms with Gasteiger partial charge in [-0.2, -0.15) is 0 Å². The summed E-state index contributed by atoms with van der Waals surface area (Å²) >= 11 is 0. The predicted octanol–water partition coefficient (Wildman–Crippen LogP) is 5.24. The highest BCUT2D eigenvalue weighted by Gasteiger charge is 2.10. The fourth-order valence-electron chi connectivity index (χ4n) is 3.44. The third kappa shape index (κ3) is 5.75. The zero-order chi connectivity index (χ0) is 19.1. The van der Waals surface area contributed by atoms with E-state index >= 15 is 0 Å². The standard InChI is InChI=1S/C23H31N3O/c1-18(2)19-6-8-21(9-7-19)25-23(27)14-15-24-20-10-12-22(13-11-20)26-16-4-3-5-17-26/h6-13,18,24H,3-5,14-17H2,1-2H3,(H,25,27). The van der Waals surface area contributed by atoms with Crippen molar-refractivity contribution in [2.75, 3.05) is 35.2 Å². The number of nitrogens with one attached hydrogen (secondary N) is 2. The predicted molar refractivity (Wildman–Crippen MR) is 115 cm³/mol. The first-order chi connectivity index (χ1) is 13.1. The SMILES string of the molecule is CC(C)c1ccc(NC(=O)CCNc2ccc(N3CCCCC3)cc2)cc1. The molecule has 27 heavy (non-hydrogen) atoms. The van der Waals surface area contributed by atoms with Crippen molar-refractivity contribution in [3.63, 3.8) is 0 Å². The van der Waals surface area contributed by atoms with Crippen LogP contribution in [0.5, 0.6) is 0 Å². The number of hydrogen-bond acceptors (Lipinski definition) is 3. The molecule has 0 radical (unpaired) electrons. The first-order valence-corrected chi connectivity index (χ1v) is 10.1. The van der Waals surface area contributed by atoms with Gasteiger partial charge in [0.2, 0.25) is 5.91 Å². The fourth-order valence-corrected chi connectivity index (χ4v) is 3.44. The fraction of sp³-hybridized carbons (Fsp3) is 0.435. The molecule has 1 heterocycles. The van der Waals surface area contributed by atoms with E-state index in [0.29, 0.717) is 18.9 Å². The smallest absolute Gasteiger partial charge is 0.226 e. The van der Waals surface area contributed by atoms with Crippen LogP contribution in [-0.4, -0.2) is 25.5 Å². The number of nitrogens with zero attached hydrogens (tertiary/aromatic N) is 1. The molecule has 0 saturated carbocycles. The average Bonchev–Trinajstić information content (AvgIpc) is 2.69. The van der Waals surface area contributed by atoms with E-state index in [2.05, 4.69) is 65.8 Å². The van der Waals surface area contributed by atoms with Gasteiger partial charge >= 0.3 is 0 Å². The van der Waals surface area contributed by atoms with Gasteiger partial charge in [-0.1, -0.05) is 26.0 Å². The minimum atomic E-state index is 0.0322. The van der Waals surface area contributed by atoms with E-state index in [1.54, 1.807) is 0 Å². The number of rotatable bonds is 7. The summed E-state index contributed by atoms with van der Waals surface area (Å²) in [6.45, 7) is 7.27. The number of benzene rings is 2. The van der Waals surface area contributed by atoms with Gasteiger partial charge in [-0.15, -0.1) is 0 Å². The number of carbonyl (C=O) groups excluding carboxylic acids is 1. The van der Waals surface area contributed by atoms with Crippen LogP contribution < -0.4 is 15.5 Å². The molecule has 0 aliphatic carbocycles. The number of piperidine rings is 1. The molecule has 0 bridgehead atoms. The minimum Gasteiger partial charge on any atom is -0.385 e. The molecule has 3 rings (SSSR count). The van der Waals surface area contributed by atoms with Gasteiger partial charge < -0.3 is 15.5 Å². The lowest BCUT2D eigenvalue weighted by Gasteiger charge is -2.28. The lowest BCUT2D eigenvalue weighted by Crippen LogP contribution is -2.29. The van der Waals surface area contributed by atoms with Gasteiger partial charge in [0.05, 0.1) is 0 Å². The van der Waals surface area contributed by atoms with Crippen molar-refractivity contribution < 1.29 is 4.79 Å². The van der Waals surface area contributed by atoms with E-state index in [9.17, 15) is 4.79 Å². The summed E-state index contributed by atoms with van der Waals surface area (Å²) in [7, 11) is 0. The molecular formula is C23H31N3O. The summed E-state index contributed by atoms with van der Waals surface area (Å²) < 4.78 is 0. The number of amides is 1. The van der Waals surface area contributed by atoms with E-state index in [-0.39, 0.29) is 5.91 Å². The van der Waals surface area contributed by atoms with Crippen molar-refractivity contribution in [2.45, 2.75) is 45.4 Å². The highest BCUT2D eigenvalue weighted by Crippen LogP contribution is 2.22. The Kier molecular flexibility index (Phi) is 6.74. The van der Waals surface area contributed by atoms with Crippen molar-refractivity contribution in [1.82, 2.24) is 0 Å². The molecule has 0 spiro atoms. The van der Waals surface area contributed by atoms with Crippen molar-refractivity contribution in [3.05, 3.63) is 54.1 Å². The Morgan fingerprint density at radius 2 is 1.56 bits per heavy atom. The van der Waals surface area contributed by atoms with Gasteiger partial charge in [0.15, 0.2) is 0 Å². The van der Waals surface area contributed by atoms with Crippen LogP contribution in [0.4, 0.5) is 17.1 Å². The minimum absolute atomic E-state index is 0.0322. The van der Waals surface area contributed by atoms with Crippen LogP contribution in [0, 0.1) is 0 Å². The molecule has 144 valence electrons. The second-order valence-electron chi connectivity index (χ2n) is 7.60. The van der Waals surface area contributed by atoms with Gasteiger partial charge in [0.1, 0.15) is 0 Å². The molecule has 1 amide bonds. The topological polar surface area (TPSA) is 44.4 Å². The molecule has 1 aliphatic rings. The summed E-state index contributed by atoms with van der Waals surface area (Å²) in [6.07, 6.45) is 4.37. The van der Waals surface area contributed by atoms with E-state index in [1.807, 2.05) is 12.1 Å². The Morgan fingerprint density at radius 1 is 0.926 bits per heavy atom. The van der Waals surface area contributed by atoms with Crippen LogP contribution >= 0.6 is 0 Å². The van der Waals surface area contributed by atoms with Gasteiger partial charge in [0.25, 0.3) is 0 Å². The lowest BCUT2D eigenvalue weighted by molar-refractivity contribution is -0.115. The maximum Gasteiger partial charge on any atom is 0.226 e. The molecule has 4 heteroatoms. The van der Waals surface area contributed by atoms with Gasteiger partial charge in [-0.3, -0.25) is 4.79 Å². The van der Waals surface area contributed by atoms with E-state index in [1.165, 1.54) is 30.5 Å². The van der Waals surface area contributed by atoms with E-state index in [0.717, 1.165) is 24.5 Å². The summed E-state index contributed by atoms with van der Waals surface area (Å²) in [5.74, 6) is 0.532. The number of carbonyl (C=O) groups is 1. The molecule has 0 aromatic heterocycles. The molecule has 4 nitrogen and oxygen atoms in total. The first kappa shape index (κ1) is 19.3. The first-order valence-electron chi connectivity index (χ1n) is 10.1. The molecule has 1 aliphatic heterocycles. The van der Waals surface area contributed by atoms with E-state index in [4.69, 9.17) is 0 Å². The van der Waals surface area contributed by atoms with Crippen LogP contribution in [0.25, 0.3) is 0 Å². The molecular weight excluding hydrogens is 334 g/mol. The Labute approximate surface area is 163 Å². The van der Waals surface area contributed by atoms with E-state index < -0.39 is 0 Å². The highest BCUT2D eigenvalue weighted by atomic mass is 16.1. The van der Waals surface area contributed by atoms with Crippen LogP contribution in [0.15, 0.2) is 48.5 Å². The van der Waals surface area contributed by atoms with Crippen molar-refractivity contribution in [1.29, 1.82) is 0 Å². The summed E-state index contributed by atoms with van der Waals surface area (Å²) in [5, 5.41) is 6.30. The second kappa shape index (κ2) is 9.45. The van der Waals surface area contributed by atoms with Crippen molar-refractivity contribution in [2.24, 2.45) is 0 Å². The average molecular weight is 366 g/mol. The second-order valence-corrected chi connectivity index (χ2v) is 7.60. The molecule has 1 fully saturated rings. The lowest BCUT2D eigenvalue weighted by atomic mass is 10.0. The molecule has 2 aromatic carbocycles. The highest BCUT2D eigenvalue weighted by molar-refractivity contribution is 5.91. The summed E-state index contributed by atoms with van der Waals surface area (Å²) in [6, 6.07) is 16.6. The number of hydrogen-bond donors (Lipinski definition) is 2. The van der Waals surface area contributed by atoms with Crippen LogP contribution in [-0.2, 0) is 4.79 Å². The summed E-state index contributed by atoms with van der Waals surface area (Å²) in [5.41, 5.74) is 4.49. The Bertz CT molecular complexity index is 716. The Morgan fingerprint density at radius 3 is 2.19 bits per heavy atom. The third-order valence-electron chi connectivity index (χ3n) is 5.13. The van der Waals surface area contributed by atoms with Crippen molar-refractivity contribution >= 4 is 23.0 Å². The molecule has 2 aromatic rings. The zero-order valence-electron chi connectivity index (χ0n) is 16.5.